The Morgan fingerprint density at radius 2 is 2.14 bits per heavy atom. The van der Waals surface area contributed by atoms with Gasteiger partial charge in [-0.05, 0) is 30.4 Å². The summed E-state index contributed by atoms with van der Waals surface area (Å²) in [4.78, 5) is 11.7. The van der Waals surface area contributed by atoms with Gasteiger partial charge in [0.1, 0.15) is 5.82 Å². The van der Waals surface area contributed by atoms with Gasteiger partial charge in [0.05, 0.1) is 6.10 Å². The number of hydrogen-bond donors (Lipinski definition) is 3. The SMILES string of the molecule is CC(C)CC(O)CNC(=O)NC1CC1c1ccccc1F. The number of amides is 2. The maximum absolute atomic E-state index is 13.6. The van der Waals surface area contributed by atoms with Crippen LogP contribution in [0.3, 0.4) is 0 Å². The van der Waals surface area contributed by atoms with E-state index in [0.717, 1.165) is 6.42 Å². The zero-order valence-electron chi connectivity index (χ0n) is 12.5. The lowest BCUT2D eigenvalue weighted by Crippen LogP contribution is -2.41. The van der Waals surface area contributed by atoms with E-state index in [-0.39, 0.29) is 30.4 Å². The van der Waals surface area contributed by atoms with Crippen LogP contribution in [-0.4, -0.2) is 29.8 Å². The highest BCUT2D eigenvalue weighted by Crippen LogP contribution is 2.41. The molecule has 1 aliphatic rings. The highest BCUT2D eigenvalue weighted by Gasteiger charge is 2.40. The molecule has 3 N–H and O–H groups in total. The van der Waals surface area contributed by atoms with E-state index in [2.05, 4.69) is 10.6 Å². The molecule has 3 atom stereocenters. The first-order chi connectivity index (χ1) is 9.97. The number of urea groups is 1. The Morgan fingerprint density at radius 3 is 2.81 bits per heavy atom. The predicted molar refractivity (Wildman–Crippen MR) is 79.5 cm³/mol. The van der Waals surface area contributed by atoms with Gasteiger partial charge in [0.25, 0.3) is 0 Å². The minimum atomic E-state index is -0.530. The fraction of sp³-hybridized carbons (Fsp3) is 0.562. The lowest BCUT2D eigenvalue weighted by atomic mass is 10.1. The molecular weight excluding hydrogens is 271 g/mol. The van der Waals surface area contributed by atoms with Crippen LogP contribution in [0.4, 0.5) is 9.18 Å². The molecule has 0 spiro atoms. The Labute approximate surface area is 124 Å². The summed E-state index contributed by atoms with van der Waals surface area (Å²) in [6, 6.07) is 6.33. The summed E-state index contributed by atoms with van der Waals surface area (Å²) in [7, 11) is 0. The summed E-state index contributed by atoms with van der Waals surface area (Å²) >= 11 is 0. The predicted octanol–water partition coefficient (Wildman–Crippen LogP) is 2.39. The molecule has 0 aromatic heterocycles. The molecule has 0 bridgehead atoms. The number of aliphatic hydroxyl groups is 1. The molecule has 116 valence electrons. The van der Waals surface area contributed by atoms with Crippen molar-refractivity contribution in [3.63, 3.8) is 0 Å². The van der Waals surface area contributed by atoms with Gasteiger partial charge < -0.3 is 15.7 Å². The maximum Gasteiger partial charge on any atom is 0.315 e. The van der Waals surface area contributed by atoms with E-state index < -0.39 is 6.10 Å². The molecule has 2 amide bonds. The van der Waals surface area contributed by atoms with Crippen LogP contribution in [0.1, 0.15) is 38.2 Å². The van der Waals surface area contributed by atoms with E-state index in [1.54, 1.807) is 18.2 Å². The quantitative estimate of drug-likeness (QED) is 0.754. The third kappa shape index (κ3) is 4.70. The zero-order valence-corrected chi connectivity index (χ0v) is 12.5. The van der Waals surface area contributed by atoms with Crippen LogP contribution in [0.25, 0.3) is 0 Å². The molecule has 3 unspecified atom stereocenters. The van der Waals surface area contributed by atoms with E-state index in [1.807, 2.05) is 13.8 Å². The molecule has 0 heterocycles. The molecular formula is C16H23FN2O2. The van der Waals surface area contributed by atoms with Crippen LogP contribution < -0.4 is 10.6 Å². The van der Waals surface area contributed by atoms with E-state index in [4.69, 9.17) is 0 Å². The van der Waals surface area contributed by atoms with Crippen molar-refractivity contribution in [2.45, 2.75) is 44.8 Å². The van der Waals surface area contributed by atoms with E-state index in [0.29, 0.717) is 17.9 Å². The Bertz CT molecular complexity index is 493. The Morgan fingerprint density at radius 1 is 1.43 bits per heavy atom. The van der Waals surface area contributed by atoms with Crippen molar-refractivity contribution in [2.75, 3.05) is 6.54 Å². The summed E-state index contributed by atoms with van der Waals surface area (Å²) < 4.78 is 13.6. The lowest BCUT2D eigenvalue weighted by molar-refractivity contribution is 0.146. The lowest BCUT2D eigenvalue weighted by Gasteiger charge is -2.14. The number of benzene rings is 1. The van der Waals surface area contributed by atoms with Crippen molar-refractivity contribution >= 4 is 6.03 Å². The van der Waals surface area contributed by atoms with Gasteiger partial charge in [-0.1, -0.05) is 32.0 Å². The Kier molecular flexibility index (Phi) is 5.17. The van der Waals surface area contributed by atoms with Crippen molar-refractivity contribution in [3.8, 4) is 0 Å². The fourth-order valence-electron chi connectivity index (χ4n) is 2.53. The highest BCUT2D eigenvalue weighted by molar-refractivity contribution is 5.74. The Hall–Kier alpha value is -1.62. The first-order valence-corrected chi connectivity index (χ1v) is 7.44. The second-order valence-corrected chi connectivity index (χ2v) is 6.11. The minimum absolute atomic E-state index is 0.0239. The Balaban J connectivity index is 1.72. The first kappa shape index (κ1) is 15.8. The normalized spacial score (nSPS) is 22.0. The fourth-order valence-corrected chi connectivity index (χ4v) is 2.53. The molecule has 4 nitrogen and oxygen atoms in total. The molecule has 0 radical (unpaired) electrons. The second kappa shape index (κ2) is 6.89. The molecule has 0 saturated heterocycles. The minimum Gasteiger partial charge on any atom is -0.391 e. The molecule has 1 aliphatic carbocycles. The number of rotatable bonds is 6. The van der Waals surface area contributed by atoms with E-state index in [1.165, 1.54) is 6.07 Å². The smallest absolute Gasteiger partial charge is 0.315 e. The van der Waals surface area contributed by atoms with Crippen molar-refractivity contribution in [3.05, 3.63) is 35.6 Å². The molecule has 2 rings (SSSR count). The average molecular weight is 294 g/mol. The third-order valence-corrected chi connectivity index (χ3v) is 3.65. The van der Waals surface area contributed by atoms with Gasteiger partial charge in [0.15, 0.2) is 0 Å². The van der Waals surface area contributed by atoms with Crippen molar-refractivity contribution in [2.24, 2.45) is 5.92 Å². The summed E-state index contributed by atoms with van der Waals surface area (Å²) in [6.45, 7) is 4.28. The number of nitrogens with one attached hydrogen (secondary N) is 2. The largest absolute Gasteiger partial charge is 0.391 e. The molecule has 1 saturated carbocycles. The number of aliphatic hydroxyl groups excluding tert-OH is 1. The zero-order chi connectivity index (χ0) is 15.4. The van der Waals surface area contributed by atoms with Crippen molar-refractivity contribution in [1.29, 1.82) is 0 Å². The number of carbonyl (C=O) groups is 1. The van der Waals surface area contributed by atoms with Crippen LogP contribution in [0.2, 0.25) is 0 Å². The monoisotopic (exact) mass is 294 g/mol. The van der Waals surface area contributed by atoms with Gasteiger partial charge in [-0.15, -0.1) is 0 Å². The van der Waals surface area contributed by atoms with Crippen LogP contribution in [0.15, 0.2) is 24.3 Å². The molecule has 1 fully saturated rings. The van der Waals surface area contributed by atoms with E-state index >= 15 is 0 Å². The van der Waals surface area contributed by atoms with E-state index in [9.17, 15) is 14.3 Å². The van der Waals surface area contributed by atoms with Crippen LogP contribution in [0, 0.1) is 11.7 Å². The van der Waals surface area contributed by atoms with Gasteiger partial charge in [0.2, 0.25) is 0 Å². The van der Waals surface area contributed by atoms with Gasteiger partial charge in [-0.2, -0.15) is 0 Å². The van der Waals surface area contributed by atoms with Crippen molar-refractivity contribution < 1.29 is 14.3 Å². The van der Waals surface area contributed by atoms with Gasteiger partial charge in [0, 0.05) is 18.5 Å². The van der Waals surface area contributed by atoms with Crippen molar-refractivity contribution in [1.82, 2.24) is 10.6 Å². The maximum atomic E-state index is 13.6. The summed E-state index contributed by atoms with van der Waals surface area (Å²) in [5.41, 5.74) is 0.655. The standard InChI is InChI=1S/C16H23FN2O2/c1-10(2)7-11(20)9-18-16(21)19-15-8-13(15)12-5-3-4-6-14(12)17/h3-6,10-11,13,15,20H,7-9H2,1-2H3,(H2,18,19,21). The number of hydrogen-bond acceptors (Lipinski definition) is 2. The summed E-state index contributed by atoms with van der Waals surface area (Å²) in [6.07, 6.45) is 0.877. The topological polar surface area (TPSA) is 61.4 Å². The van der Waals surface area contributed by atoms with Gasteiger partial charge >= 0.3 is 6.03 Å². The van der Waals surface area contributed by atoms with Crippen LogP contribution in [0.5, 0.6) is 0 Å². The highest BCUT2D eigenvalue weighted by atomic mass is 19.1. The third-order valence-electron chi connectivity index (χ3n) is 3.65. The van der Waals surface area contributed by atoms with Crippen LogP contribution >= 0.6 is 0 Å². The van der Waals surface area contributed by atoms with Crippen LogP contribution in [-0.2, 0) is 0 Å². The first-order valence-electron chi connectivity index (χ1n) is 7.44. The molecule has 5 heteroatoms. The summed E-state index contributed by atoms with van der Waals surface area (Å²) in [5.74, 6) is 0.218. The number of halogens is 1. The second-order valence-electron chi connectivity index (χ2n) is 6.11. The summed E-state index contributed by atoms with van der Waals surface area (Å²) in [5, 5.41) is 15.2. The number of carbonyl (C=O) groups excluding carboxylic acids is 1. The molecule has 21 heavy (non-hydrogen) atoms. The average Bonchev–Trinajstić information content (AvgIpc) is 3.15. The molecule has 0 aliphatic heterocycles. The van der Waals surface area contributed by atoms with Gasteiger partial charge in [-0.25, -0.2) is 9.18 Å². The van der Waals surface area contributed by atoms with Gasteiger partial charge in [-0.3, -0.25) is 0 Å². The molecule has 1 aromatic rings. The molecule has 1 aromatic carbocycles.